The summed E-state index contributed by atoms with van der Waals surface area (Å²) < 4.78 is 60.1. The minimum atomic E-state index is -4.40. The van der Waals surface area contributed by atoms with E-state index in [4.69, 9.17) is 5.73 Å². The van der Waals surface area contributed by atoms with Gasteiger partial charge in [0.2, 0.25) is 10.0 Å². The summed E-state index contributed by atoms with van der Waals surface area (Å²) in [7, 11) is -3.91. The first kappa shape index (κ1) is 15.6. The molecule has 0 bridgehead atoms. The van der Waals surface area contributed by atoms with Gasteiger partial charge in [-0.25, -0.2) is 13.1 Å². The van der Waals surface area contributed by atoms with Crippen LogP contribution in [0.4, 0.5) is 13.2 Å². The first-order chi connectivity index (χ1) is 7.10. The van der Waals surface area contributed by atoms with Gasteiger partial charge in [0, 0.05) is 6.54 Å². The van der Waals surface area contributed by atoms with Crippen LogP contribution < -0.4 is 10.5 Å². The van der Waals surface area contributed by atoms with Crippen molar-refractivity contribution in [1.29, 1.82) is 0 Å². The second kappa shape index (κ2) is 5.78. The largest absolute Gasteiger partial charge is 0.392 e. The lowest BCUT2D eigenvalue weighted by molar-refractivity contribution is -0.132. The van der Waals surface area contributed by atoms with Crippen molar-refractivity contribution >= 4 is 27.2 Å². The Morgan fingerprint density at radius 2 is 2.00 bits per heavy atom. The van der Waals surface area contributed by atoms with Crippen molar-refractivity contribution in [3.05, 3.63) is 0 Å². The molecule has 1 unspecified atom stereocenters. The van der Waals surface area contributed by atoms with Gasteiger partial charge in [-0.05, 0) is 6.42 Å². The number of alkyl halides is 3. The number of nitrogens with two attached hydrogens (primary N) is 1. The molecular formula is C7H13F3N2O2S2. The quantitative estimate of drug-likeness (QED) is 0.709. The zero-order chi connectivity index (χ0) is 13.0. The first-order valence-corrected chi connectivity index (χ1v) is 6.40. The predicted octanol–water partition coefficient (Wildman–Crippen LogP) is 0.923. The Bertz CT molecular complexity index is 340. The molecule has 96 valence electrons. The van der Waals surface area contributed by atoms with Gasteiger partial charge in [-0.1, -0.05) is 19.1 Å². The molecule has 0 heterocycles. The molecule has 0 fully saturated rings. The van der Waals surface area contributed by atoms with Gasteiger partial charge in [-0.3, -0.25) is 0 Å². The van der Waals surface area contributed by atoms with Gasteiger partial charge in [-0.15, -0.1) is 0 Å². The van der Waals surface area contributed by atoms with E-state index in [0.717, 1.165) is 0 Å². The topological polar surface area (TPSA) is 72.2 Å². The average molecular weight is 278 g/mol. The van der Waals surface area contributed by atoms with E-state index in [9.17, 15) is 21.6 Å². The molecule has 0 aliphatic rings. The molecule has 0 saturated heterocycles. The van der Waals surface area contributed by atoms with Gasteiger partial charge < -0.3 is 5.73 Å². The molecule has 0 aromatic heterocycles. The van der Waals surface area contributed by atoms with E-state index in [0.29, 0.717) is 0 Å². The standard InChI is InChI=1S/C7H13F3N2O2S2/c1-2-5(6(11)15)16(13,14)12-4-3-7(8,9)10/h5,12H,2-4H2,1H3,(H2,11,15). The van der Waals surface area contributed by atoms with E-state index in [-0.39, 0.29) is 11.4 Å². The monoisotopic (exact) mass is 278 g/mol. The van der Waals surface area contributed by atoms with Crippen LogP contribution in [0.15, 0.2) is 0 Å². The molecule has 1 atom stereocenters. The number of nitrogens with one attached hydrogen (secondary N) is 1. The average Bonchev–Trinajstić information content (AvgIpc) is 1.99. The van der Waals surface area contributed by atoms with Crippen LogP contribution in [-0.2, 0) is 10.0 Å². The van der Waals surface area contributed by atoms with Crippen molar-refractivity contribution in [2.75, 3.05) is 6.54 Å². The first-order valence-electron chi connectivity index (χ1n) is 4.44. The molecule has 0 spiro atoms. The van der Waals surface area contributed by atoms with E-state index >= 15 is 0 Å². The van der Waals surface area contributed by atoms with Crippen molar-refractivity contribution in [1.82, 2.24) is 4.72 Å². The van der Waals surface area contributed by atoms with Crippen LogP contribution in [-0.4, -0.2) is 31.4 Å². The fourth-order valence-corrected chi connectivity index (χ4v) is 2.89. The SMILES string of the molecule is CCC(C(N)=S)S(=O)(=O)NCCC(F)(F)F. The summed E-state index contributed by atoms with van der Waals surface area (Å²) in [6.07, 6.45) is -5.50. The summed E-state index contributed by atoms with van der Waals surface area (Å²) in [5.41, 5.74) is 5.18. The molecule has 0 rings (SSSR count). The van der Waals surface area contributed by atoms with Gasteiger partial charge in [0.1, 0.15) is 5.25 Å². The minimum absolute atomic E-state index is 0.122. The number of halogens is 3. The summed E-state index contributed by atoms with van der Waals surface area (Å²) in [5, 5.41) is -1.13. The maximum absolute atomic E-state index is 11.8. The Balaban J connectivity index is 4.41. The molecule has 0 aliphatic carbocycles. The Labute approximate surface area is 97.4 Å². The van der Waals surface area contributed by atoms with E-state index in [2.05, 4.69) is 12.2 Å². The summed E-state index contributed by atoms with van der Waals surface area (Å²) in [6.45, 7) is 0.831. The van der Waals surface area contributed by atoms with Gasteiger partial charge in [0.05, 0.1) is 11.4 Å². The van der Waals surface area contributed by atoms with Crippen LogP contribution in [0, 0.1) is 0 Å². The molecule has 0 aromatic carbocycles. The Morgan fingerprint density at radius 1 is 1.50 bits per heavy atom. The van der Waals surface area contributed by atoms with E-state index in [1.54, 1.807) is 0 Å². The number of sulfonamides is 1. The van der Waals surface area contributed by atoms with Crippen LogP contribution in [0.5, 0.6) is 0 Å². The Hall–Kier alpha value is -0.410. The lowest BCUT2D eigenvalue weighted by Crippen LogP contribution is -2.42. The normalized spacial score (nSPS) is 14.8. The molecule has 16 heavy (non-hydrogen) atoms. The fraction of sp³-hybridized carbons (Fsp3) is 0.857. The Kier molecular flexibility index (Phi) is 5.63. The fourth-order valence-electron chi connectivity index (χ4n) is 1.01. The third-order valence-electron chi connectivity index (χ3n) is 1.77. The van der Waals surface area contributed by atoms with Gasteiger partial charge in [-0.2, -0.15) is 13.2 Å². The van der Waals surface area contributed by atoms with Crippen molar-refractivity contribution in [3.8, 4) is 0 Å². The smallest absolute Gasteiger partial charge is 0.390 e. The van der Waals surface area contributed by atoms with Crippen LogP contribution in [0.1, 0.15) is 19.8 Å². The van der Waals surface area contributed by atoms with Crippen molar-refractivity contribution in [2.45, 2.75) is 31.2 Å². The molecule has 0 aliphatic heterocycles. The van der Waals surface area contributed by atoms with Crippen LogP contribution in [0.25, 0.3) is 0 Å². The predicted molar refractivity (Wildman–Crippen MR) is 58.5 cm³/mol. The minimum Gasteiger partial charge on any atom is -0.392 e. The van der Waals surface area contributed by atoms with Crippen LogP contribution in [0.3, 0.4) is 0 Å². The van der Waals surface area contributed by atoms with E-state index < -0.39 is 34.4 Å². The third kappa shape index (κ3) is 5.61. The van der Waals surface area contributed by atoms with Gasteiger partial charge in [0.15, 0.2) is 0 Å². The lowest BCUT2D eigenvalue weighted by Gasteiger charge is -2.15. The summed E-state index contributed by atoms with van der Waals surface area (Å²) in [5.74, 6) is 0. The summed E-state index contributed by atoms with van der Waals surface area (Å²) >= 11 is 4.52. The van der Waals surface area contributed by atoms with Gasteiger partial charge in [0.25, 0.3) is 0 Å². The molecule has 0 saturated carbocycles. The second-order valence-corrected chi connectivity index (χ2v) is 5.52. The number of thiocarbonyl (C=S) groups is 1. The van der Waals surface area contributed by atoms with E-state index in [1.807, 2.05) is 4.72 Å². The zero-order valence-electron chi connectivity index (χ0n) is 8.54. The number of hydrogen-bond donors (Lipinski definition) is 2. The van der Waals surface area contributed by atoms with Crippen LogP contribution in [0.2, 0.25) is 0 Å². The molecule has 4 nitrogen and oxygen atoms in total. The third-order valence-corrected chi connectivity index (χ3v) is 4.15. The lowest BCUT2D eigenvalue weighted by atomic mass is 10.3. The zero-order valence-corrected chi connectivity index (χ0v) is 10.2. The summed E-state index contributed by atoms with van der Waals surface area (Å²) in [4.78, 5) is -0.248. The van der Waals surface area contributed by atoms with Crippen molar-refractivity contribution in [3.63, 3.8) is 0 Å². The number of rotatable bonds is 6. The molecule has 9 heteroatoms. The number of hydrogen-bond acceptors (Lipinski definition) is 3. The van der Waals surface area contributed by atoms with Crippen molar-refractivity contribution < 1.29 is 21.6 Å². The molecule has 3 N–H and O–H groups in total. The molecular weight excluding hydrogens is 265 g/mol. The highest BCUT2D eigenvalue weighted by Crippen LogP contribution is 2.18. The summed E-state index contributed by atoms with van der Waals surface area (Å²) in [6, 6.07) is 0. The Morgan fingerprint density at radius 3 is 2.31 bits per heavy atom. The second-order valence-electron chi connectivity index (χ2n) is 3.10. The highest BCUT2D eigenvalue weighted by atomic mass is 32.2. The molecule has 0 aromatic rings. The van der Waals surface area contributed by atoms with Gasteiger partial charge >= 0.3 is 6.18 Å². The maximum Gasteiger partial charge on any atom is 0.390 e. The maximum atomic E-state index is 11.8. The highest BCUT2D eigenvalue weighted by Gasteiger charge is 2.30. The molecule has 0 radical (unpaired) electrons. The van der Waals surface area contributed by atoms with Crippen molar-refractivity contribution in [2.24, 2.45) is 5.73 Å². The van der Waals surface area contributed by atoms with Crippen LogP contribution >= 0.6 is 12.2 Å². The molecule has 0 amide bonds. The van der Waals surface area contributed by atoms with E-state index in [1.165, 1.54) is 6.92 Å². The highest BCUT2D eigenvalue weighted by molar-refractivity contribution is 7.93.